The van der Waals surface area contributed by atoms with E-state index < -0.39 is 0 Å². The molecule has 5 heteroatoms. The molecule has 1 fully saturated rings. The molecule has 2 atom stereocenters. The standard InChI is InChI=1S/C24H26N2O3/c1-2-16-9-4-8-14-21(16)25-22(27)18-11-5-3-10-17(18)15-26-23(28)19-12-6-7-13-20(19)24(26)29/h4,6-9,12-14,17-18H,2-3,5,10-11,15H2,1H3,(H,25,27). The van der Waals surface area contributed by atoms with Crippen LogP contribution in [-0.4, -0.2) is 29.2 Å². The molecule has 2 aliphatic rings. The predicted molar refractivity (Wildman–Crippen MR) is 112 cm³/mol. The summed E-state index contributed by atoms with van der Waals surface area (Å²) in [4.78, 5) is 39.9. The van der Waals surface area contributed by atoms with Crippen LogP contribution < -0.4 is 5.32 Å². The van der Waals surface area contributed by atoms with Gasteiger partial charge in [0.2, 0.25) is 5.91 Å². The molecule has 5 nitrogen and oxygen atoms in total. The van der Waals surface area contributed by atoms with Crippen LogP contribution in [0.2, 0.25) is 0 Å². The minimum absolute atomic E-state index is 0.00721. The summed E-state index contributed by atoms with van der Waals surface area (Å²) in [6, 6.07) is 14.8. The van der Waals surface area contributed by atoms with E-state index in [9.17, 15) is 14.4 Å². The summed E-state index contributed by atoms with van der Waals surface area (Å²) in [5, 5.41) is 3.10. The second-order valence-electron chi connectivity index (χ2n) is 7.92. The fraction of sp³-hybridized carbons (Fsp3) is 0.375. The van der Waals surface area contributed by atoms with E-state index in [1.165, 1.54) is 4.90 Å². The topological polar surface area (TPSA) is 66.5 Å². The lowest BCUT2D eigenvalue weighted by molar-refractivity contribution is -0.122. The average molecular weight is 390 g/mol. The number of amides is 3. The lowest BCUT2D eigenvalue weighted by Gasteiger charge is -2.33. The molecule has 1 aliphatic heterocycles. The number of carbonyl (C=O) groups is 3. The van der Waals surface area contributed by atoms with E-state index in [-0.39, 0.29) is 29.6 Å². The molecule has 0 bridgehead atoms. The third kappa shape index (κ3) is 3.69. The summed E-state index contributed by atoms with van der Waals surface area (Å²) in [5.74, 6) is -0.705. The molecule has 0 radical (unpaired) electrons. The summed E-state index contributed by atoms with van der Waals surface area (Å²) in [7, 11) is 0. The smallest absolute Gasteiger partial charge is 0.261 e. The van der Waals surface area contributed by atoms with Gasteiger partial charge in [-0.3, -0.25) is 19.3 Å². The Labute approximate surface area is 171 Å². The van der Waals surface area contributed by atoms with Gasteiger partial charge in [0.25, 0.3) is 11.8 Å². The van der Waals surface area contributed by atoms with Crippen molar-refractivity contribution in [2.24, 2.45) is 11.8 Å². The maximum atomic E-state index is 13.1. The number of aryl methyl sites for hydroxylation is 1. The third-order valence-electron chi connectivity index (χ3n) is 6.20. The van der Waals surface area contributed by atoms with Crippen molar-refractivity contribution in [1.29, 1.82) is 0 Å². The summed E-state index contributed by atoms with van der Waals surface area (Å²) < 4.78 is 0. The minimum Gasteiger partial charge on any atom is -0.326 e. The second kappa shape index (κ2) is 8.19. The Hall–Kier alpha value is -2.95. The van der Waals surface area contributed by atoms with Crippen molar-refractivity contribution < 1.29 is 14.4 Å². The van der Waals surface area contributed by atoms with Crippen molar-refractivity contribution in [3.63, 3.8) is 0 Å². The maximum Gasteiger partial charge on any atom is 0.261 e. The highest BCUT2D eigenvalue weighted by Gasteiger charge is 2.40. The first-order valence-corrected chi connectivity index (χ1v) is 10.4. The first-order chi connectivity index (χ1) is 14.1. The summed E-state index contributed by atoms with van der Waals surface area (Å²) in [6.07, 6.45) is 4.49. The summed E-state index contributed by atoms with van der Waals surface area (Å²) in [6.45, 7) is 2.37. The Morgan fingerprint density at radius 2 is 1.59 bits per heavy atom. The van der Waals surface area contributed by atoms with Gasteiger partial charge in [0.15, 0.2) is 0 Å². The van der Waals surface area contributed by atoms with Gasteiger partial charge in [-0.2, -0.15) is 0 Å². The molecule has 2 aromatic rings. The van der Waals surface area contributed by atoms with Crippen LogP contribution in [0.5, 0.6) is 0 Å². The predicted octanol–water partition coefficient (Wildman–Crippen LogP) is 4.29. The first kappa shape index (κ1) is 19.4. The molecule has 150 valence electrons. The molecule has 0 spiro atoms. The number of rotatable bonds is 5. The molecule has 4 rings (SSSR count). The van der Waals surface area contributed by atoms with E-state index in [1.54, 1.807) is 24.3 Å². The number of para-hydroxylation sites is 1. The van der Waals surface area contributed by atoms with E-state index in [0.29, 0.717) is 17.7 Å². The van der Waals surface area contributed by atoms with Crippen LogP contribution in [0.3, 0.4) is 0 Å². The van der Waals surface area contributed by atoms with Crippen molar-refractivity contribution in [2.75, 3.05) is 11.9 Å². The lowest BCUT2D eigenvalue weighted by atomic mass is 9.78. The molecule has 3 amide bonds. The number of carbonyl (C=O) groups excluding carboxylic acids is 3. The fourth-order valence-corrected chi connectivity index (χ4v) is 4.59. The van der Waals surface area contributed by atoms with Crippen LogP contribution in [0, 0.1) is 11.8 Å². The van der Waals surface area contributed by atoms with Crippen LogP contribution in [0.15, 0.2) is 48.5 Å². The largest absolute Gasteiger partial charge is 0.326 e. The van der Waals surface area contributed by atoms with Crippen LogP contribution in [0.25, 0.3) is 0 Å². The van der Waals surface area contributed by atoms with Gasteiger partial charge in [0.1, 0.15) is 0 Å². The van der Waals surface area contributed by atoms with Crippen LogP contribution in [-0.2, 0) is 11.2 Å². The number of hydrogen-bond acceptors (Lipinski definition) is 3. The van der Waals surface area contributed by atoms with Crippen molar-refractivity contribution in [3.8, 4) is 0 Å². The van der Waals surface area contributed by atoms with Gasteiger partial charge < -0.3 is 5.32 Å². The fourth-order valence-electron chi connectivity index (χ4n) is 4.59. The van der Waals surface area contributed by atoms with Gasteiger partial charge in [-0.15, -0.1) is 0 Å². The minimum atomic E-state index is -0.244. The average Bonchev–Trinajstić information content (AvgIpc) is 2.99. The van der Waals surface area contributed by atoms with E-state index in [0.717, 1.165) is 43.4 Å². The molecule has 1 heterocycles. The Morgan fingerprint density at radius 3 is 2.28 bits per heavy atom. The monoisotopic (exact) mass is 390 g/mol. The van der Waals surface area contributed by atoms with E-state index in [2.05, 4.69) is 12.2 Å². The van der Waals surface area contributed by atoms with E-state index >= 15 is 0 Å². The molecular formula is C24H26N2O3. The van der Waals surface area contributed by atoms with Gasteiger partial charge in [-0.1, -0.05) is 50.1 Å². The quantitative estimate of drug-likeness (QED) is 0.775. The van der Waals surface area contributed by atoms with Gasteiger partial charge >= 0.3 is 0 Å². The zero-order valence-corrected chi connectivity index (χ0v) is 16.7. The molecule has 2 unspecified atom stereocenters. The number of anilines is 1. The normalized spacial score (nSPS) is 21.2. The van der Waals surface area contributed by atoms with Gasteiger partial charge in [0, 0.05) is 18.2 Å². The molecule has 1 saturated carbocycles. The number of fused-ring (bicyclic) bond motifs is 1. The number of nitrogens with zero attached hydrogens (tertiary/aromatic N) is 1. The maximum absolute atomic E-state index is 13.1. The SMILES string of the molecule is CCc1ccccc1NC(=O)C1CCCCC1CN1C(=O)c2ccccc2C1=O. The molecule has 0 saturated heterocycles. The Bertz CT molecular complexity index is 918. The molecule has 1 aliphatic carbocycles. The zero-order chi connectivity index (χ0) is 20.4. The van der Waals surface area contributed by atoms with Gasteiger partial charge in [-0.05, 0) is 48.9 Å². The Kier molecular flexibility index (Phi) is 5.47. The number of nitrogens with one attached hydrogen (secondary N) is 1. The molecule has 29 heavy (non-hydrogen) atoms. The van der Waals surface area contributed by atoms with Crippen LogP contribution in [0.1, 0.15) is 58.9 Å². The molecule has 1 N–H and O–H groups in total. The van der Waals surface area contributed by atoms with Crippen LogP contribution in [0.4, 0.5) is 5.69 Å². The van der Waals surface area contributed by atoms with Crippen molar-refractivity contribution in [3.05, 3.63) is 65.2 Å². The number of benzene rings is 2. The highest BCUT2D eigenvalue weighted by atomic mass is 16.2. The van der Waals surface area contributed by atoms with Crippen LogP contribution >= 0.6 is 0 Å². The van der Waals surface area contributed by atoms with Crippen molar-refractivity contribution in [2.45, 2.75) is 39.0 Å². The van der Waals surface area contributed by atoms with E-state index in [1.807, 2.05) is 24.3 Å². The van der Waals surface area contributed by atoms with Crippen molar-refractivity contribution >= 4 is 23.4 Å². The second-order valence-corrected chi connectivity index (χ2v) is 7.92. The van der Waals surface area contributed by atoms with Gasteiger partial charge in [0.05, 0.1) is 11.1 Å². The van der Waals surface area contributed by atoms with Gasteiger partial charge in [-0.25, -0.2) is 0 Å². The zero-order valence-electron chi connectivity index (χ0n) is 16.7. The first-order valence-electron chi connectivity index (χ1n) is 10.4. The number of hydrogen-bond donors (Lipinski definition) is 1. The molecule has 0 aromatic heterocycles. The Balaban J connectivity index is 1.50. The van der Waals surface area contributed by atoms with E-state index in [4.69, 9.17) is 0 Å². The summed E-state index contributed by atoms with van der Waals surface area (Å²) >= 11 is 0. The lowest BCUT2D eigenvalue weighted by Crippen LogP contribution is -2.41. The van der Waals surface area contributed by atoms with Crippen molar-refractivity contribution in [1.82, 2.24) is 4.90 Å². The molecule has 2 aromatic carbocycles. The third-order valence-corrected chi connectivity index (χ3v) is 6.20. The highest BCUT2D eigenvalue weighted by molar-refractivity contribution is 6.21. The highest BCUT2D eigenvalue weighted by Crippen LogP contribution is 2.34. The number of imide groups is 1. The molecular weight excluding hydrogens is 364 g/mol. The Morgan fingerprint density at radius 1 is 0.966 bits per heavy atom. The summed E-state index contributed by atoms with van der Waals surface area (Å²) in [5.41, 5.74) is 2.89.